The molecule has 1 amide bonds. The molecule has 0 spiro atoms. The zero-order valence-electron chi connectivity index (χ0n) is 10.0. The van der Waals surface area contributed by atoms with Crippen molar-refractivity contribution in [3.8, 4) is 0 Å². The first-order valence-electron chi connectivity index (χ1n) is 5.65. The summed E-state index contributed by atoms with van der Waals surface area (Å²) < 4.78 is 22.8. The minimum Gasteiger partial charge on any atom is -0.391 e. The summed E-state index contributed by atoms with van der Waals surface area (Å²) in [6, 6.07) is 5.98. The highest BCUT2D eigenvalue weighted by atomic mass is 32.2. The van der Waals surface area contributed by atoms with E-state index in [1.165, 1.54) is 17.0 Å². The Morgan fingerprint density at radius 1 is 1.44 bits per heavy atom. The molecule has 1 fully saturated rings. The number of benzene rings is 1. The number of hydrogen-bond acceptors (Lipinski definition) is 4. The normalized spacial score (nSPS) is 20.1. The zero-order chi connectivity index (χ0) is 13.3. The molecule has 1 N–H and O–H groups in total. The van der Waals surface area contributed by atoms with Crippen molar-refractivity contribution in [2.45, 2.75) is 17.4 Å². The fraction of sp³-hybridized carbons (Fsp3) is 0.417. The highest BCUT2D eigenvalue weighted by molar-refractivity contribution is 7.90. The highest BCUT2D eigenvalue weighted by Crippen LogP contribution is 2.16. The van der Waals surface area contributed by atoms with E-state index >= 15 is 0 Å². The quantitative estimate of drug-likeness (QED) is 0.837. The molecule has 1 unspecified atom stereocenters. The second-order valence-electron chi connectivity index (χ2n) is 4.49. The third kappa shape index (κ3) is 2.70. The topological polar surface area (TPSA) is 74.7 Å². The van der Waals surface area contributed by atoms with E-state index in [-0.39, 0.29) is 10.8 Å². The van der Waals surface area contributed by atoms with Crippen LogP contribution in [0.4, 0.5) is 0 Å². The van der Waals surface area contributed by atoms with Crippen LogP contribution in [-0.4, -0.2) is 49.8 Å². The Hall–Kier alpha value is -1.40. The van der Waals surface area contributed by atoms with Gasteiger partial charge in [-0.2, -0.15) is 0 Å². The van der Waals surface area contributed by atoms with E-state index in [1.807, 2.05) is 0 Å². The van der Waals surface area contributed by atoms with Crippen molar-refractivity contribution in [2.75, 3.05) is 19.3 Å². The maximum atomic E-state index is 12.1. The summed E-state index contributed by atoms with van der Waals surface area (Å²) in [5.74, 6) is -0.239. The molecule has 1 saturated heterocycles. The Kier molecular flexibility index (Phi) is 3.41. The number of carbonyl (C=O) groups is 1. The summed E-state index contributed by atoms with van der Waals surface area (Å²) in [5.41, 5.74) is 0.340. The maximum absolute atomic E-state index is 12.1. The number of carbonyl (C=O) groups excluding carboxylic acids is 1. The molecule has 0 radical (unpaired) electrons. The van der Waals surface area contributed by atoms with E-state index < -0.39 is 15.9 Å². The summed E-state index contributed by atoms with van der Waals surface area (Å²) in [6.07, 6.45) is 1.19. The summed E-state index contributed by atoms with van der Waals surface area (Å²) >= 11 is 0. The van der Waals surface area contributed by atoms with Crippen molar-refractivity contribution in [2.24, 2.45) is 0 Å². The van der Waals surface area contributed by atoms with Crippen LogP contribution < -0.4 is 0 Å². The standard InChI is InChI=1S/C12H15NO4S/c1-18(16,17)11-4-2-3-9(7-11)12(15)13-6-5-10(14)8-13/h2-4,7,10,14H,5-6,8H2,1H3. The van der Waals surface area contributed by atoms with E-state index in [9.17, 15) is 18.3 Å². The van der Waals surface area contributed by atoms with Crippen LogP contribution in [0, 0.1) is 0 Å². The molecule has 1 heterocycles. The molecule has 5 nitrogen and oxygen atoms in total. The summed E-state index contributed by atoms with van der Waals surface area (Å²) in [4.78, 5) is 13.8. The van der Waals surface area contributed by atoms with Gasteiger partial charge in [0.25, 0.3) is 5.91 Å². The predicted octanol–water partition coefficient (Wildman–Crippen LogP) is 0.297. The minimum absolute atomic E-state index is 0.132. The first kappa shape index (κ1) is 13.0. The average Bonchev–Trinajstić information content (AvgIpc) is 2.74. The zero-order valence-corrected chi connectivity index (χ0v) is 10.9. The van der Waals surface area contributed by atoms with Crippen LogP contribution in [0.25, 0.3) is 0 Å². The Labute approximate surface area is 106 Å². The first-order valence-corrected chi connectivity index (χ1v) is 7.54. The van der Waals surface area contributed by atoms with E-state index in [4.69, 9.17) is 0 Å². The number of aliphatic hydroxyl groups excluding tert-OH is 1. The summed E-state index contributed by atoms with van der Waals surface area (Å²) in [5, 5.41) is 9.39. The van der Waals surface area contributed by atoms with Gasteiger partial charge in [-0.3, -0.25) is 4.79 Å². The molecule has 6 heteroatoms. The molecule has 1 aliphatic rings. The lowest BCUT2D eigenvalue weighted by Crippen LogP contribution is -2.29. The monoisotopic (exact) mass is 269 g/mol. The molecule has 0 bridgehead atoms. The molecular weight excluding hydrogens is 254 g/mol. The first-order chi connectivity index (χ1) is 8.38. The number of sulfone groups is 1. The Morgan fingerprint density at radius 3 is 2.72 bits per heavy atom. The number of aliphatic hydroxyl groups is 1. The van der Waals surface area contributed by atoms with Crippen molar-refractivity contribution in [3.05, 3.63) is 29.8 Å². The van der Waals surface area contributed by atoms with Crippen LogP contribution >= 0.6 is 0 Å². The minimum atomic E-state index is -3.31. The highest BCUT2D eigenvalue weighted by Gasteiger charge is 2.25. The van der Waals surface area contributed by atoms with E-state index in [2.05, 4.69) is 0 Å². The van der Waals surface area contributed by atoms with Gasteiger partial charge in [0.2, 0.25) is 0 Å². The van der Waals surface area contributed by atoms with Crippen molar-refractivity contribution in [3.63, 3.8) is 0 Å². The Morgan fingerprint density at radius 2 is 2.17 bits per heavy atom. The van der Waals surface area contributed by atoms with Gasteiger partial charge in [0.05, 0.1) is 11.0 Å². The van der Waals surface area contributed by atoms with Crippen LogP contribution in [0.5, 0.6) is 0 Å². The van der Waals surface area contributed by atoms with Gasteiger partial charge in [-0.15, -0.1) is 0 Å². The van der Waals surface area contributed by atoms with Gasteiger partial charge in [0.1, 0.15) is 0 Å². The lowest BCUT2D eigenvalue weighted by molar-refractivity contribution is 0.0764. The molecule has 0 saturated carbocycles. The number of β-amino-alcohol motifs (C(OH)–C–C–N with tert-alkyl or cyclic N) is 1. The molecule has 1 aromatic rings. The molecular formula is C12H15NO4S. The Balaban J connectivity index is 2.26. The van der Waals surface area contributed by atoms with Crippen molar-refractivity contribution in [1.82, 2.24) is 4.90 Å². The summed E-state index contributed by atoms with van der Waals surface area (Å²) in [6.45, 7) is 0.811. The average molecular weight is 269 g/mol. The van der Waals surface area contributed by atoms with Gasteiger partial charge in [-0.1, -0.05) is 6.07 Å². The third-order valence-corrected chi connectivity index (χ3v) is 4.07. The SMILES string of the molecule is CS(=O)(=O)c1cccc(C(=O)N2CCC(O)C2)c1. The van der Waals surface area contributed by atoms with Crippen molar-refractivity contribution >= 4 is 15.7 Å². The number of rotatable bonds is 2. The van der Waals surface area contributed by atoms with Crippen LogP contribution in [0.3, 0.4) is 0 Å². The fourth-order valence-corrected chi connectivity index (χ4v) is 2.64. The van der Waals surface area contributed by atoms with Crippen LogP contribution in [0.2, 0.25) is 0 Å². The van der Waals surface area contributed by atoms with E-state index in [0.29, 0.717) is 25.1 Å². The molecule has 18 heavy (non-hydrogen) atoms. The molecule has 2 rings (SSSR count). The van der Waals surface area contributed by atoms with Crippen LogP contribution in [0.1, 0.15) is 16.8 Å². The number of nitrogens with zero attached hydrogens (tertiary/aromatic N) is 1. The number of amides is 1. The second-order valence-corrected chi connectivity index (χ2v) is 6.51. The molecule has 1 aliphatic heterocycles. The lowest BCUT2D eigenvalue weighted by Gasteiger charge is -2.15. The largest absolute Gasteiger partial charge is 0.391 e. The third-order valence-electron chi connectivity index (χ3n) is 2.96. The number of likely N-dealkylation sites (tertiary alicyclic amines) is 1. The van der Waals surface area contributed by atoms with Crippen LogP contribution in [-0.2, 0) is 9.84 Å². The van der Waals surface area contributed by atoms with Gasteiger partial charge in [-0.05, 0) is 24.6 Å². The van der Waals surface area contributed by atoms with Crippen molar-refractivity contribution < 1.29 is 18.3 Å². The van der Waals surface area contributed by atoms with E-state index in [1.54, 1.807) is 12.1 Å². The number of hydrogen-bond donors (Lipinski definition) is 1. The van der Waals surface area contributed by atoms with Crippen LogP contribution in [0.15, 0.2) is 29.2 Å². The predicted molar refractivity (Wildman–Crippen MR) is 66.1 cm³/mol. The molecule has 98 valence electrons. The second kappa shape index (κ2) is 4.70. The molecule has 0 aromatic heterocycles. The van der Waals surface area contributed by atoms with Gasteiger partial charge >= 0.3 is 0 Å². The van der Waals surface area contributed by atoms with Gasteiger partial charge in [-0.25, -0.2) is 8.42 Å². The molecule has 1 atom stereocenters. The molecule has 1 aromatic carbocycles. The summed E-state index contributed by atoms with van der Waals surface area (Å²) in [7, 11) is -3.31. The molecule has 0 aliphatic carbocycles. The van der Waals surface area contributed by atoms with Gasteiger partial charge in [0, 0.05) is 24.9 Å². The van der Waals surface area contributed by atoms with E-state index in [0.717, 1.165) is 6.26 Å². The van der Waals surface area contributed by atoms with Crippen molar-refractivity contribution in [1.29, 1.82) is 0 Å². The van der Waals surface area contributed by atoms with Gasteiger partial charge in [0.15, 0.2) is 9.84 Å². The maximum Gasteiger partial charge on any atom is 0.253 e. The smallest absolute Gasteiger partial charge is 0.253 e. The fourth-order valence-electron chi connectivity index (χ4n) is 1.97. The Bertz CT molecular complexity index is 567. The lowest BCUT2D eigenvalue weighted by atomic mass is 10.2. The van der Waals surface area contributed by atoms with Gasteiger partial charge < -0.3 is 10.0 Å².